The van der Waals surface area contributed by atoms with Gasteiger partial charge in [0.15, 0.2) is 6.61 Å². The second-order valence-electron chi connectivity index (χ2n) is 4.61. The van der Waals surface area contributed by atoms with Crippen LogP contribution in [0.25, 0.3) is 0 Å². The molecule has 0 rings (SSSR count). The van der Waals surface area contributed by atoms with E-state index in [1.807, 2.05) is 20.8 Å². The Bertz CT molecular complexity index is 236. The number of halogens is 3. The van der Waals surface area contributed by atoms with Crippen LogP contribution in [0.4, 0.5) is 13.2 Å². The number of carbonyl (C=O) groups is 1. The summed E-state index contributed by atoms with van der Waals surface area (Å²) in [5.41, 5.74) is 7.08. The maximum absolute atomic E-state index is 11.7. The van der Waals surface area contributed by atoms with Crippen molar-refractivity contribution in [3.05, 3.63) is 0 Å². The minimum absolute atomic E-state index is 0.0820. The molecule has 0 aliphatic carbocycles. The van der Waals surface area contributed by atoms with Crippen molar-refractivity contribution in [3.8, 4) is 0 Å². The monoisotopic (exact) mass is 242 g/mol. The minimum atomic E-state index is -4.46. The van der Waals surface area contributed by atoms with E-state index in [1.165, 1.54) is 0 Å². The van der Waals surface area contributed by atoms with E-state index in [4.69, 9.17) is 5.73 Å². The second kappa shape index (κ2) is 5.49. The first kappa shape index (κ1) is 15.2. The van der Waals surface area contributed by atoms with Gasteiger partial charge >= 0.3 is 6.18 Å². The third kappa shape index (κ3) is 7.47. The lowest BCUT2D eigenvalue weighted by Crippen LogP contribution is -2.40. The van der Waals surface area contributed by atoms with E-state index in [2.05, 4.69) is 4.84 Å². The Balaban J connectivity index is 3.84. The molecule has 0 heterocycles. The smallest absolute Gasteiger partial charge is 0.327 e. The topological polar surface area (TPSA) is 64.4 Å². The molecule has 0 aromatic carbocycles. The Morgan fingerprint density at radius 2 is 1.88 bits per heavy atom. The third-order valence-electron chi connectivity index (χ3n) is 1.94. The van der Waals surface area contributed by atoms with Crippen LogP contribution in [-0.2, 0) is 9.63 Å². The average Bonchev–Trinajstić information content (AvgIpc) is 1.99. The standard InChI is InChI=1S/C9H17F3N2O2/c1-8(2,3)6(13)4-7(15)14-16-5-9(10,11)12/h6H,4-5,13H2,1-3H3,(H,14,15). The molecule has 3 N–H and O–H groups in total. The zero-order chi connectivity index (χ0) is 13.0. The molecule has 0 aromatic rings. The molecule has 0 aliphatic heterocycles. The molecule has 0 fully saturated rings. The van der Waals surface area contributed by atoms with E-state index < -0.39 is 24.7 Å². The molecule has 4 nitrogen and oxygen atoms in total. The first-order valence-electron chi connectivity index (χ1n) is 4.75. The van der Waals surface area contributed by atoms with Gasteiger partial charge in [-0.2, -0.15) is 13.2 Å². The zero-order valence-electron chi connectivity index (χ0n) is 9.52. The minimum Gasteiger partial charge on any atom is -0.327 e. The summed E-state index contributed by atoms with van der Waals surface area (Å²) in [4.78, 5) is 15.1. The number of hydrogen-bond acceptors (Lipinski definition) is 3. The fourth-order valence-electron chi connectivity index (χ4n) is 0.746. The largest absolute Gasteiger partial charge is 0.414 e. The van der Waals surface area contributed by atoms with Gasteiger partial charge < -0.3 is 5.73 Å². The van der Waals surface area contributed by atoms with Crippen LogP contribution in [0.15, 0.2) is 0 Å². The molecule has 1 atom stereocenters. The molecular formula is C9H17F3N2O2. The van der Waals surface area contributed by atoms with Crippen molar-refractivity contribution in [1.29, 1.82) is 0 Å². The van der Waals surface area contributed by atoms with Crippen LogP contribution < -0.4 is 11.2 Å². The predicted octanol–water partition coefficient (Wildman–Crippen LogP) is 1.36. The van der Waals surface area contributed by atoms with Crippen LogP contribution in [0.5, 0.6) is 0 Å². The highest BCUT2D eigenvalue weighted by molar-refractivity contribution is 5.75. The van der Waals surface area contributed by atoms with E-state index in [1.54, 1.807) is 5.48 Å². The molecule has 7 heteroatoms. The lowest BCUT2D eigenvalue weighted by atomic mass is 9.85. The van der Waals surface area contributed by atoms with Crippen molar-refractivity contribution in [2.45, 2.75) is 39.4 Å². The lowest BCUT2D eigenvalue weighted by Gasteiger charge is -2.26. The SMILES string of the molecule is CC(C)(C)C(N)CC(=O)NOCC(F)(F)F. The maximum Gasteiger partial charge on any atom is 0.414 e. The van der Waals surface area contributed by atoms with E-state index in [9.17, 15) is 18.0 Å². The number of alkyl halides is 3. The number of carbonyl (C=O) groups excluding carboxylic acids is 1. The summed E-state index contributed by atoms with van der Waals surface area (Å²) in [6.07, 6.45) is -4.54. The molecular weight excluding hydrogens is 225 g/mol. The quantitative estimate of drug-likeness (QED) is 0.731. The zero-order valence-corrected chi connectivity index (χ0v) is 9.52. The Morgan fingerprint density at radius 3 is 2.25 bits per heavy atom. The summed E-state index contributed by atoms with van der Waals surface area (Å²) in [7, 11) is 0. The van der Waals surface area contributed by atoms with Gasteiger partial charge in [0.05, 0.1) is 0 Å². The van der Waals surface area contributed by atoms with Crippen LogP contribution >= 0.6 is 0 Å². The fraction of sp³-hybridized carbons (Fsp3) is 0.889. The van der Waals surface area contributed by atoms with Crippen LogP contribution in [-0.4, -0.2) is 24.7 Å². The first-order chi connectivity index (χ1) is 7.02. The molecule has 0 aliphatic rings. The van der Waals surface area contributed by atoms with Crippen molar-refractivity contribution in [2.24, 2.45) is 11.1 Å². The van der Waals surface area contributed by atoms with Crippen LogP contribution in [0.3, 0.4) is 0 Å². The van der Waals surface area contributed by atoms with Crippen molar-refractivity contribution in [2.75, 3.05) is 6.61 Å². The fourth-order valence-corrected chi connectivity index (χ4v) is 0.746. The highest BCUT2D eigenvalue weighted by atomic mass is 19.4. The Labute approximate surface area is 92.3 Å². The summed E-state index contributed by atoms with van der Waals surface area (Å²) >= 11 is 0. The first-order valence-corrected chi connectivity index (χ1v) is 4.75. The molecule has 0 radical (unpaired) electrons. The van der Waals surface area contributed by atoms with E-state index >= 15 is 0 Å². The number of amides is 1. The van der Waals surface area contributed by atoms with Crippen molar-refractivity contribution in [1.82, 2.24) is 5.48 Å². The summed E-state index contributed by atoms with van der Waals surface area (Å²) in [6.45, 7) is 3.99. The van der Waals surface area contributed by atoms with Crippen molar-refractivity contribution in [3.63, 3.8) is 0 Å². The highest BCUT2D eigenvalue weighted by Gasteiger charge is 2.29. The van der Waals surface area contributed by atoms with Gasteiger partial charge in [0.1, 0.15) is 0 Å². The molecule has 0 saturated heterocycles. The van der Waals surface area contributed by atoms with Crippen molar-refractivity contribution < 1.29 is 22.8 Å². The van der Waals surface area contributed by atoms with Gasteiger partial charge in [-0.25, -0.2) is 5.48 Å². The molecule has 1 unspecified atom stereocenters. The summed E-state index contributed by atoms with van der Waals surface area (Å²) in [6, 6.07) is -0.443. The molecule has 0 spiro atoms. The summed E-state index contributed by atoms with van der Waals surface area (Å²) in [5.74, 6) is -0.660. The number of hydroxylamine groups is 1. The number of nitrogens with two attached hydrogens (primary N) is 1. The van der Waals surface area contributed by atoms with E-state index in [0.29, 0.717) is 0 Å². The molecule has 0 saturated carbocycles. The van der Waals surface area contributed by atoms with Gasteiger partial charge in [0, 0.05) is 12.5 Å². The van der Waals surface area contributed by atoms with Gasteiger partial charge in [-0.3, -0.25) is 9.63 Å². The summed E-state index contributed by atoms with van der Waals surface area (Å²) < 4.78 is 35.0. The lowest BCUT2D eigenvalue weighted by molar-refractivity contribution is -0.191. The van der Waals surface area contributed by atoms with Gasteiger partial charge in [-0.05, 0) is 5.41 Å². The van der Waals surface area contributed by atoms with E-state index in [-0.39, 0.29) is 11.8 Å². The van der Waals surface area contributed by atoms with Gasteiger partial charge in [-0.1, -0.05) is 20.8 Å². The predicted molar refractivity (Wildman–Crippen MR) is 52.2 cm³/mol. The molecule has 1 amide bonds. The third-order valence-corrected chi connectivity index (χ3v) is 1.94. The Hall–Kier alpha value is -0.820. The summed E-state index contributed by atoms with van der Waals surface area (Å²) in [5, 5.41) is 0. The molecule has 96 valence electrons. The number of rotatable bonds is 4. The van der Waals surface area contributed by atoms with Gasteiger partial charge in [0.25, 0.3) is 0 Å². The van der Waals surface area contributed by atoms with Crippen LogP contribution in [0.2, 0.25) is 0 Å². The van der Waals surface area contributed by atoms with Crippen LogP contribution in [0, 0.1) is 5.41 Å². The highest BCUT2D eigenvalue weighted by Crippen LogP contribution is 2.19. The van der Waals surface area contributed by atoms with Crippen molar-refractivity contribution >= 4 is 5.91 Å². The number of nitrogens with one attached hydrogen (secondary N) is 1. The molecule has 0 aromatic heterocycles. The van der Waals surface area contributed by atoms with Gasteiger partial charge in [0.2, 0.25) is 5.91 Å². The Kier molecular flexibility index (Phi) is 5.21. The normalized spacial score (nSPS) is 14.7. The molecule has 16 heavy (non-hydrogen) atoms. The van der Waals surface area contributed by atoms with Gasteiger partial charge in [-0.15, -0.1) is 0 Å². The second-order valence-corrected chi connectivity index (χ2v) is 4.61. The Morgan fingerprint density at radius 1 is 1.38 bits per heavy atom. The molecule has 0 bridgehead atoms. The van der Waals surface area contributed by atoms with E-state index in [0.717, 1.165) is 0 Å². The average molecular weight is 242 g/mol. The number of hydrogen-bond donors (Lipinski definition) is 2. The van der Waals surface area contributed by atoms with Crippen LogP contribution in [0.1, 0.15) is 27.2 Å². The maximum atomic E-state index is 11.7.